The van der Waals surface area contributed by atoms with Crippen molar-refractivity contribution in [3.8, 4) is 0 Å². The van der Waals surface area contributed by atoms with Crippen molar-refractivity contribution in [1.29, 1.82) is 0 Å². The number of carbonyl (C=O) groups excluding carboxylic acids is 1. The highest BCUT2D eigenvalue weighted by atomic mass is 32.2. The first-order valence-corrected chi connectivity index (χ1v) is 11.2. The lowest BCUT2D eigenvalue weighted by atomic mass is 9.72. The summed E-state index contributed by atoms with van der Waals surface area (Å²) in [6, 6.07) is 7.11. The molecule has 150 valence electrons. The fourth-order valence-corrected chi connectivity index (χ4v) is 4.37. The average Bonchev–Trinajstić information content (AvgIpc) is 2.57. The van der Waals surface area contributed by atoms with Gasteiger partial charge in [0.25, 0.3) is 5.91 Å². The summed E-state index contributed by atoms with van der Waals surface area (Å²) in [5.74, 6) is 0.225. The second-order valence-corrected chi connectivity index (χ2v) is 10.3. The van der Waals surface area contributed by atoms with E-state index in [1.54, 1.807) is 12.1 Å². The van der Waals surface area contributed by atoms with E-state index in [1.807, 2.05) is 19.1 Å². The highest BCUT2D eigenvalue weighted by Gasteiger charge is 2.28. The van der Waals surface area contributed by atoms with Gasteiger partial charge in [0.05, 0.1) is 11.9 Å². The van der Waals surface area contributed by atoms with Crippen molar-refractivity contribution in [2.24, 2.45) is 16.4 Å². The second-order valence-electron chi connectivity index (χ2n) is 8.41. The molecule has 0 saturated heterocycles. The predicted molar refractivity (Wildman–Crippen MR) is 110 cm³/mol. The lowest BCUT2D eigenvalue weighted by Crippen LogP contribution is -2.39. The van der Waals surface area contributed by atoms with Crippen molar-refractivity contribution in [3.05, 3.63) is 29.8 Å². The van der Waals surface area contributed by atoms with Crippen LogP contribution in [0.4, 0.5) is 5.69 Å². The second kappa shape index (κ2) is 8.42. The number of benzene rings is 1. The smallest absolute Gasteiger partial charge is 0.260 e. The van der Waals surface area contributed by atoms with E-state index >= 15 is 0 Å². The zero-order valence-corrected chi connectivity index (χ0v) is 17.8. The molecule has 1 fully saturated rings. The molecule has 0 bridgehead atoms. The number of para-hydroxylation sites is 1. The van der Waals surface area contributed by atoms with Crippen molar-refractivity contribution >= 4 is 27.3 Å². The minimum absolute atomic E-state index is 0.287. The number of nitrogens with zero attached hydrogens (tertiary/aromatic N) is 2. The summed E-state index contributed by atoms with van der Waals surface area (Å²) in [4.78, 5) is 12.3. The Morgan fingerprint density at radius 3 is 2.33 bits per heavy atom. The van der Waals surface area contributed by atoms with E-state index in [9.17, 15) is 13.2 Å². The third-order valence-corrected chi connectivity index (χ3v) is 6.32. The van der Waals surface area contributed by atoms with Gasteiger partial charge in [-0.3, -0.25) is 9.10 Å². The Hall–Kier alpha value is -1.89. The molecule has 0 unspecified atom stereocenters. The fourth-order valence-electron chi connectivity index (χ4n) is 3.46. The number of amides is 1. The van der Waals surface area contributed by atoms with Crippen LogP contribution in [0, 0.1) is 18.3 Å². The first-order valence-electron chi connectivity index (χ1n) is 9.36. The first kappa shape index (κ1) is 21.4. The first-order chi connectivity index (χ1) is 12.5. The Labute approximate surface area is 163 Å². The van der Waals surface area contributed by atoms with Gasteiger partial charge < -0.3 is 0 Å². The number of carbonyl (C=O) groups is 1. The Morgan fingerprint density at radius 1 is 1.22 bits per heavy atom. The molecule has 2 rings (SSSR count). The Balaban J connectivity index is 2.00. The maximum atomic E-state index is 12.3. The molecule has 1 amide bonds. The number of hydrogen-bond donors (Lipinski definition) is 1. The largest absolute Gasteiger partial charge is 0.271 e. The minimum Gasteiger partial charge on any atom is -0.271 e. The van der Waals surface area contributed by atoms with Crippen LogP contribution in [0.1, 0.15) is 52.0 Å². The summed E-state index contributed by atoms with van der Waals surface area (Å²) in [5, 5.41) is 4.25. The molecule has 1 saturated carbocycles. The van der Waals surface area contributed by atoms with Crippen LogP contribution in [0.5, 0.6) is 0 Å². The zero-order chi connectivity index (χ0) is 20.2. The Bertz CT molecular complexity index is 800. The third-order valence-electron chi connectivity index (χ3n) is 5.20. The number of aryl methyl sites for hydroxylation is 1. The van der Waals surface area contributed by atoms with E-state index in [1.165, 1.54) is 0 Å². The standard InChI is InChI=1S/C20H31N3O3S/c1-15-8-6-7-9-18(15)23(27(5,25)26)14-19(24)22-21-17-12-10-16(11-13-17)20(2,3)4/h6-9,16H,10-14H2,1-5H3,(H,22,24). The van der Waals surface area contributed by atoms with Crippen molar-refractivity contribution in [2.45, 2.75) is 53.4 Å². The minimum atomic E-state index is -3.58. The van der Waals surface area contributed by atoms with Crippen LogP contribution >= 0.6 is 0 Å². The van der Waals surface area contributed by atoms with E-state index < -0.39 is 15.9 Å². The molecule has 0 radical (unpaired) electrons. The molecule has 1 N–H and O–H groups in total. The van der Waals surface area contributed by atoms with E-state index in [0.29, 0.717) is 11.6 Å². The molecule has 6 nitrogen and oxygen atoms in total. The monoisotopic (exact) mass is 393 g/mol. The molecular formula is C20H31N3O3S. The summed E-state index contributed by atoms with van der Waals surface area (Å²) in [5.41, 5.74) is 5.11. The van der Waals surface area contributed by atoms with Gasteiger partial charge in [0.1, 0.15) is 6.54 Å². The molecule has 0 spiro atoms. The quantitative estimate of drug-likeness (QED) is 0.778. The van der Waals surface area contributed by atoms with Gasteiger partial charge in [-0.15, -0.1) is 0 Å². The molecule has 7 heteroatoms. The molecule has 0 aliphatic heterocycles. The van der Waals surface area contributed by atoms with Gasteiger partial charge in [0, 0.05) is 5.71 Å². The lowest BCUT2D eigenvalue weighted by Gasteiger charge is -2.34. The number of nitrogens with one attached hydrogen (secondary N) is 1. The Kier molecular flexibility index (Phi) is 6.68. The van der Waals surface area contributed by atoms with Crippen molar-refractivity contribution < 1.29 is 13.2 Å². The summed E-state index contributed by atoms with van der Waals surface area (Å²) >= 11 is 0. The van der Waals surface area contributed by atoms with Crippen LogP contribution in [-0.4, -0.2) is 32.8 Å². The molecule has 27 heavy (non-hydrogen) atoms. The Morgan fingerprint density at radius 2 is 1.81 bits per heavy atom. The molecular weight excluding hydrogens is 362 g/mol. The third kappa shape index (κ3) is 6.06. The molecule has 1 aliphatic carbocycles. The zero-order valence-electron chi connectivity index (χ0n) is 16.9. The number of sulfonamides is 1. The molecule has 0 heterocycles. The molecule has 0 atom stereocenters. The topological polar surface area (TPSA) is 78.8 Å². The number of hydrazone groups is 1. The van der Waals surface area contributed by atoms with Crippen LogP contribution < -0.4 is 9.73 Å². The van der Waals surface area contributed by atoms with Gasteiger partial charge in [-0.1, -0.05) is 39.0 Å². The summed E-state index contributed by atoms with van der Waals surface area (Å²) in [6.07, 6.45) is 4.98. The molecule has 0 aromatic heterocycles. The normalized spacial score (nSPS) is 18.1. The van der Waals surface area contributed by atoms with Gasteiger partial charge >= 0.3 is 0 Å². The average molecular weight is 394 g/mol. The number of rotatable bonds is 5. The summed E-state index contributed by atoms with van der Waals surface area (Å²) < 4.78 is 25.5. The predicted octanol–water partition coefficient (Wildman–Crippen LogP) is 3.47. The molecule has 1 aromatic carbocycles. The SMILES string of the molecule is Cc1ccccc1N(CC(=O)NN=C1CCC(C(C)(C)C)CC1)S(C)(=O)=O. The van der Waals surface area contributed by atoms with E-state index in [-0.39, 0.29) is 12.0 Å². The maximum absolute atomic E-state index is 12.3. The highest BCUT2D eigenvalue weighted by molar-refractivity contribution is 7.92. The van der Waals surface area contributed by atoms with Crippen molar-refractivity contribution in [2.75, 3.05) is 17.1 Å². The van der Waals surface area contributed by atoms with Crippen LogP contribution in [0.25, 0.3) is 0 Å². The van der Waals surface area contributed by atoms with Gasteiger partial charge in [-0.2, -0.15) is 5.10 Å². The van der Waals surface area contributed by atoms with Crippen molar-refractivity contribution in [3.63, 3.8) is 0 Å². The van der Waals surface area contributed by atoms with Crippen molar-refractivity contribution in [1.82, 2.24) is 5.43 Å². The van der Waals surface area contributed by atoms with Gasteiger partial charge in [-0.05, 0) is 55.6 Å². The highest BCUT2D eigenvalue weighted by Crippen LogP contribution is 2.36. The van der Waals surface area contributed by atoms with E-state index in [2.05, 4.69) is 31.3 Å². The van der Waals surface area contributed by atoms with Gasteiger partial charge in [0.2, 0.25) is 10.0 Å². The number of hydrogen-bond acceptors (Lipinski definition) is 4. The fraction of sp³-hybridized carbons (Fsp3) is 0.600. The molecule has 1 aromatic rings. The summed E-state index contributed by atoms with van der Waals surface area (Å²) in [6.45, 7) is 8.30. The van der Waals surface area contributed by atoms with Crippen LogP contribution in [0.15, 0.2) is 29.4 Å². The van der Waals surface area contributed by atoms with Crippen LogP contribution in [0.2, 0.25) is 0 Å². The van der Waals surface area contributed by atoms with E-state index in [0.717, 1.165) is 47.5 Å². The van der Waals surface area contributed by atoms with Crippen LogP contribution in [0.3, 0.4) is 0 Å². The lowest BCUT2D eigenvalue weighted by molar-refractivity contribution is -0.119. The summed E-state index contributed by atoms with van der Waals surface area (Å²) in [7, 11) is -3.58. The molecule has 1 aliphatic rings. The van der Waals surface area contributed by atoms with Crippen LogP contribution in [-0.2, 0) is 14.8 Å². The van der Waals surface area contributed by atoms with Gasteiger partial charge in [-0.25, -0.2) is 13.8 Å². The van der Waals surface area contributed by atoms with Gasteiger partial charge in [0.15, 0.2) is 0 Å². The maximum Gasteiger partial charge on any atom is 0.260 e. The van der Waals surface area contributed by atoms with E-state index in [4.69, 9.17) is 0 Å². The number of anilines is 1.